The summed E-state index contributed by atoms with van der Waals surface area (Å²) in [6.07, 6.45) is -9.06. The summed E-state index contributed by atoms with van der Waals surface area (Å²) in [4.78, 5) is 12.1. The maximum atomic E-state index is 13.6. The van der Waals surface area contributed by atoms with Crippen LogP contribution in [-0.2, 0) is 18.9 Å². The number of carbonyl (C=O) groups is 1. The Morgan fingerprint density at radius 2 is 1.06 bits per heavy atom. The second-order valence-electron chi connectivity index (χ2n) is 11.4. The van der Waals surface area contributed by atoms with Gasteiger partial charge in [0.15, 0.2) is 11.4 Å². The van der Waals surface area contributed by atoms with Crippen molar-refractivity contribution in [1.82, 2.24) is 19.6 Å². The quantitative estimate of drug-likeness (QED) is 0.160. The average molecular weight is 749 g/mol. The second-order valence-corrected chi connectivity index (χ2v) is 11.4. The van der Waals surface area contributed by atoms with Gasteiger partial charge < -0.3 is 10.6 Å². The maximum absolute atomic E-state index is 13.6. The molecule has 0 aliphatic heterocycles. The lowest BCUT2D eigenvalue weighted by atomic mass is 10.2. The number of hydrogen-bond donors (Lipinski definition) is 2. The van der Waals surface area contributed by atoms with E-state index in [4.69, 9.17) is 0 Å². The predicted molar refractivity (Wildman–Crippen MR) is 175 cm³/mol. The van der Waals surface area contributed by atoms with Gasteiger partial charge in [-0.15, -0.1) is 0 Å². The van der Waals surface area contributed by atoms with Crippen molar-refractivity contribution in [2.45, 2.75) is 32.7 Å². The zero-order chi connectivity index (χ0) is 38.7. The summed E-state index contributed by atoms with van der Waals surface area (Å²) >= 11 is 0. The Kier molecular flexibility index (Phi) is 11.0. The van der Waals surface area contributed by atoms with Gasteiger partial charge >= 0.3 is 12.4 Å². The first-order chi connectivity index (χ1) is 24.9. The van der Waals surface area contributed by atoms with Gasteiger partial charge in [0.1, 0.15) is 23.3 Å². The molecule has 0 bridgehead atoms. The normalized spacial score (nSPS) is 11.5. The zero-order valence-electron chi connectivity index (χ0n) is 27.4. The first-order valence-corrected chi connectivity index (χ1v) is 15.3. The largest absolute Gasteiger partial charge is 0.435 e. The smallest absolute Gasteiger partial charge is 0.381 e. The summed E-state index contributed by atoms with van der Waals surface area (Å²) in [6, 6.07) is 20.1. The number of carbonyl (C=O) groups excluding carboxylic acids is 1. The van der Waals surface area contributed by atoms with Gasteiger partial charge in [0.25, 0.3) is 5.91 Å². The van der Waals surface area contributed by atoms with Crippen molar-refractivity contribution in [2.75, 3.05) is 10.6 Å². The SMILES string of the molecule is Cc1cc(C(F)(F)F)nn1-c1ccc(NC(=O)c2ccc(F)cc2F)cc1.Cc1cc(C(F)(F)F)nn1-c1ccc(NCc2ccc(F)cc2F)cc1. The molecular formula is C36H26F10N6O. The molecule has 2 N–H and O–H groups in total. The van der Waals surface area contributed by atoms with Crippen LogP contribution >= 0.6 is 0 Å². The standard InChI is InChI=1S/C18H12F5N3O.C18H14F5N3/c1-10-8-16(18(21,22)23)25-26(10)13-5-3-12(4-6-13)24-17(27)14-7-2-11(19)9-15(14)20;1-11-8-17(18(21,22)23)25-26(11)15-6-4-14(5-7-15)24-10-12-2-3-13(19)9-16(12)20/h2-9H,1H3,(H,24,27);2-9,24H,10H2,1H3. The second kappa shape index (κ2) is 15.2. The van der Waals surface area contributed by atoms with Crippen molar-refractivity contribution in [3.8, 4) is 11.4 Å². The molecule has 0 aliphatic rings. The molecule has 6 aromatic rings. The van der Waals surface area contributed by atoms with Crippen LogP contribution in [0.1, 0.15) is 38.7 Å². The Labute approximate surface area is 294 Å². The molecule has 6 rings (SSSR count). The summed E-state index contributed by atoms with van der Waals surface area (Å²) in [5.74, 6) is -3.89. The van der Waals surface area contributed by atoms with E-state index in [1.807, 2.05) is 0 Å². The highest BCUT2D eigenvalue weighted by molar-refractivity contribution is 6.04. The molecule has 0 fully saturated rings. The summed E-state index contributed by atoms with van der Waals surface area (Å²) in [7, 11) is 0. The molecule has 0 spiro atoms. The molecule has 53 heavy (non-hydrogen) atoms. The summed E-state index contributed by atoms with van der Waals surface area (Å²) in [5.41, 5.74) is 0.385. The molecule has 276 valence electrons. The molecule has 17 heteroatoms. The highest BCUT2D eigenvalue weighted by Crippen LogP contribution is 2.31. The lowest BCUT2D eigenvalue weighted by molar-refractivity contribution is -0.142. The molecule has 2 aromatic heterocycles. The van der Waals surface area contributed by atoms with E-state index in [1.165, 1.54) is 54.9 Å². The zero-order valence-corrected chi connectivity index (χ0v) is 27.4. The van der Waals surface area contributed by atoms with Crippen LogP contribution in [0.2, 0.25) is 0 Å². The number of aryl methyl sites for hydroxylation is 2. The molecule has 0 radical (unpaired) electrons. The topological polar surface area (TPSA) is 76.8 Å². The molecule has 1 amide bonds. The Balaban J connectivity index is 0.000000204. The summed E-state index contributed by atoms with van der Waals surface area (Å²) < 4.78 is 132. The number of benzene rings is 4. The van der Waals surface area contributed by atoms with Gasteiger partial charge in [0, 0.05) is 47.0 Å². The number of aromatic nitrogens is 4. The van der Waals surface area contributed by atoms with E-state index in [-0.39, 0.29) is 23.5 Å². The highest BCUT2D eigenvalue weighted by Gasteiger charge is 2.35. The van der Waals surface area contributed by atoms with Crippen LogP contribution < -0.4 is 10.6 Å². The third-order valence-corrected chi connectivity index (χ3v) is 7.51. The number of alkyl halides is 6. The maximum Gasteiger partial charge on any atom is 0.435 e. The van der Waals surface area contributed by atoms with Crippen molar-refractivity contribution >= 4 is 17.3 Å². The fourth-order valence-electron chi connectivity index (χ4n) is 4.89. The lowest BCUT2D eigenvalue weighted by Gasteiger charge is -2.09. The van der Waals surface area contributed by atoms with E-state index < -0.39 is 52.9 Å². The van der Waals surface area contributed by atoms with Crippen LogP contribution in [0.25, 0.3) is 11.4 Å². The number of nitrogens with zero attached hydrogens (tertiary/aromatic N) is 4. The number of anilines is 2. The first-order valence-electron chi connectivity index (χ1n) is 15.3. The van der Waals surface area contributed by atoms with Crippen LogP contribution in [0.4, 0.5) is 55.3 Å². The monoisotopic (exact) mass is 748 g/mol. The van der Waals surface area contributed by atoms with Gasteiger partial charge in [-0.3, -0.25) is 4.79 Å². The Morgan fingerprint density at radius 3 is 1.49 bits per heavy atom. The number of halogens is 10. The molecule has 7 nitrogen and oxygen atoms in total. The first kappa shape index (κ1) is 38.1. The average Bonchev–Trinajstić information content (AvgIpc) is 3.68. The fraction of sp³-hybridized carbons (Fsp3) is 0.139. The van der Waals surface area contributed by atoms with Gasteiger partial charge in [0.2, 0.25) is 0 Å². The van der Waals surface area contributed by atoms with Crippen molar-refractivity contribution < 1.29 is 48.7 Å². The number of nitrogens with one attached hydrogen (secondary N) is 2. The van der Waals surface area contributed by atoms with E-state index in [2.05, 4.69) is 20.8 Å². The highest BCUT2D eigenvalue weighted by atomic mass is 19.4. The van der Waals surface area contributed by atoms with Gasteiger partial charge in [-0.1, -0.05) is 6.07 Å². The van der Waals surface area contributed by atoms with E-state index in [0.717, 1.165) is 35.0 Å². The number of amides is 1. The van der Waals surface area contributed by atoms with Gasteiger partial charge in [0.05, 0.1) is 16.9 Å². The van der Waals surface area contributed by atoms with E-state index >= 15 is 0 Å². The van der Waals surface area contributed by atoms with E-state index in [1.54, 1.807) is 24.3 Å². The minimum atomic E-state index is -4.55. The predicted octanol–water partition coefficient (Wildman–Crippen LogP) is 9.82. The molecule has 2 heterocycles. The summed E-state index contributed by atoms with van der Waals surface area (Å²) in [5, 5.41) is 12.5. The number of rotatable bonds is 7. The molecule has 0 saturated carbocycles. The van der Waals surface area contributed by atoms with Crippen molar-refractivity contribution in [2.24, 2.45) is 0 Å². The fourth-order valence-corrected chi connectivity index (χ4v) is 4.89. The van der Waals surface area contributed by atoms with E-state index in [9.17, 15) is 48.7 Å². The van der Waals surface area contributed by atoms with Crippen LogP contribution in [0, 0.1) is 37.1 Å². The van der Waals surface area contributed by atoms with Crippen LogP contribution in [-0.4, -0.2) is 25.5 Å². The van der Waals surface area contributed by atoms with E-state index in [0.29, 0.717) is 34.4 Å². The minimum Gasteiger partial charge on any atom is -0.381 e. The minimum absolute atomic E-state index is 0.143. The van der Waals surface area contributed by atoms with Crippen molar-refractivity contribution in [3.05, 3.63) is 154 Å². The Hall–Kier alpha value is -6.13. The molecule has 0 unspecified atom stereocenters. The van der Waals surface area contributed by atoms with Crippen molar-refractivity contribution in [1.29, 1.82) is 0 Å². The molecule has 0 atom stereocenters. The lowest BCUT2D eigenvalue weighted by Crippen LogP contribution is -2.14. The van der Waals surface area contributed by atoms with Crippen molar-refractivity contribution in [3.63, 3.8) is 0 Å². The Morgan fingerprint density at radius 1 is 0.604 bits per heavy atom. The van der Waals surface area contributed by atoms with Crippen LogP contribution in [0.15, 0.2) is 97.1 Å². The van der Waals surface area contributed by atoms with Crippen LogP contribution in [0.3, 0.4) is 0 Å². The number of hydrogen-bond acceptors (Lipinski definition) is 4. The van der Waals surface area contributed by atoms with Gasteiger partial charge in [-0.05, 0) is 92.7 Å². The molecule has 0 aliphatic carbocycles. The molecule has 0 saturated heterocycles. The third-order valence-electron chi connectivity index (χ3n) is 7.51. The Bertz CT molecular complexity index is 2220. The van der Waals surface area contributed by atoms with Crippen LogP contribution in [0.5, 0.6) is 0 Å². The summed E-state index contributed by atoms with van der Waals surface area (Å²) in [6.45, 7) is 3.16. The van der Waals surface area contributed by atoms with Gasteiger partial charge in [-0.25, -0.2) is 26.9 Å². The third kappa shape index (κ3) is 9.41. The molecular weight excluding hydrogens is 722 g/mol. The molecule has 4 aromatic carbocycles. The van der Waals surface area contributed by atoms with Gasteiger partial charge in [-0.2, -0.15) is 36.5 Å².